The molecule has 0 saturated carbocycles. The van der Waals surface area contributed by atoms with E-state index in [1.54, 1.807) is 30.3 Å². The van der Waals surface area contributed by atoms with Crippen LogP contribution in [0.1, 0.15) is 5.56 Å². The second-order valence-corrected chi connectivity index (χ2v) is 6.58. The number of aryl methyl sites for hydroxylation is 1. The van der Waals surface area contributed by atoms with Gasteiger partial charge in [-0.25, -0.2) is 8.42 Å². The summed E-state index contributed by atoms with van der Waals surface area (Å²) in [6.07, 6.45) is 1.47. The van der Waals surface area contributed by atoms with Crippen molar-refractivity contribution < 1.29 is 8.42 Å². The summed E-state index contributed by atoms with van der Waals surface area (Å²) in [5.74, 6) is 0. The number of hydrogen-bond donors (Lipinski definition) is 3. The van der Waals surface area contributed by atoms with Gasteiger partial charge in [-0.05, 0) is 37.3 Å². The van der Waals surface area contributed by atoms with E-state index in [2.05, 4.69) is 9.71 Å². The zero-order valence-electron chi connectivity index (χ0n) is 11.4. The molecule has 1 aromatic heterocycles. The lowest BCUT2D eigenvalue weighted by Crippen LogP contribution is -2.12. The van der Waals surface area contributed by atoms with Gasteiger partial charge in [-0.2, -0.15) is 0 Å². The number of aromatic nitrogens is 1. The number of nitrogens with two attached hydrogens (primary N) is 1. The van der Waals surface area contributed by atoms with Gasteiger partial charge < -0.3 is 10.7 Å². The van der Waals surface area contributed by atoms with Crippen LogP contribution in [-0.2, 0) is 10.0 Å². The predicted molar refractivity (Wildman–Crippen MR) is 84.7 cm³/mol. The van der Waals surface area contributed by atoms with Gasteiger partial charge >= 0.3 is 0 Å². The first-order valence-corrected chi connectivity index (χ1v) is 7.90. The summed E-state index contributed by atoms with van der Waals surface area (Å²) in [6.45, 7) is 1.95. The molecule has 0 fully saturated rings. The fourth-order valence-corrected chi connectivity index (χ4v) is 3.40. The van der Waals surface area contributed by atoms with Crippen LogP contribution in [0.5, 0.6) is 0 Å². The van der Waals surface area contributed by atoms with Crippen molar-refractivity contribution in [3.05, 3.63) is 54.2 Å². The quantitative estimate of drug-likeness (QED) is 0.650. The van der Waals surface area contributed by atoms with Crippen molar-refractivity contribution in [2.45, 2.75) is 11.8 Å². The van der Waals surface area contributed by atoms with Crippen LogP contribution in [0.15, 0.2) is 53.6 Å². The van der Waals surface area contributed by atoms with Crippen LogP contribution in [0.3, 0.4) is 0 Å². The van der Waals surface area contributed by atoms with Gasteiger partial charge in [0.1, 0.15) is 4.90 Å². The maximum absolute atomic E-state index is 12.5. The first-order chi connectivity index (χ1) is 9.95. The number of aromatic amines is 1. The highest BCUT2D eigenvalue weighted by molar-refractivity contribution is 7.93. The lowest BCUT2D eigenvalue weighted by molar-refractivity contribution is 0.602. The van der Waals surface area contributed by atoms with Gasteiger partial charge in [0, 0.05) is 28.5 Å². The average molecular weight is 301 g/mol. The highest BCUT2D eigenvalue weighted by Crippen LogP contribution is 2.26. The van der Waals surface area contributed by atoms with Crippen LogP contribution in [0, 0.1) is 6.92 Å². The SMILES string of the molecule is Cc1ccc(NS(=O)(=O)c2c[nH]c3ccc(N)cc23)cc1. The van der Waals surface area contributed by atoms with Crippen molar-refractivity contribution in [3.63, 3.8) is 0 Å². The van der Waals surface area contributed by atoms with Crippen molar-refractivity contribution in [1.82, 2.24) is 4.98 Å². The number of hydrogen-bond acceptors (Lipinski definition) is 3. The Morgan fingerprint density at radius 2 is 1.81 bits per heavy atom. The maximum atomic E-state index is 12.5. The van der Waals surface area contributed by atoms with Crippen LogP contribution < -0.4 is 10.5 Å². The Bertz CT molecular complexity index is 896. The molecule has 0 aliphatic rings. The molecule has 0 atom stereocenters. The fourth-order valence-electron chi connectivity index (χ4n) is 2.17. The van der Waals surface area contributed by atoms with Crippen LogP contribution in [0.2, 0.25) is 0 Å². The molecule has 3 rings (SSSR count). The number of H-pyrrole nitrogens is 1. The molecule has 0 aliphatic heterocycles. The molecule has 0 radical (unpaired) electrons. The molecule has 0 bridgehead atoms. The second-order valence-electron chi connectivity index (χ2n) is 4.93. The minimum absolute atomic E-state index is 0.186. The number of sulfonamides is 1. The molecule has 2 aromatic carbocycles. The predicted octanol–water partition coefficient (Wildman–Crippen LogP) is 2.86. The van der Waals surface area contributed by atoms with Crippen molar-refractivity contribution >= 4 is 32.3 Å². The van der Waals surface area contributed by atoms with Gasteiger partial charge in [0.25, 0.3) is 10.0 Å². The summed E-state index contributed by atoms with van der Waals surface area (Å²) in [4.78, 5) is 3.13. The summed E-state index contributed by atoms with van der Waals surface area (Å²) in [6, 6.07) is 12.3. The third-order valence-electron chi connectivity index (χ3n) is 3.26. The average Bonchev–Trinajstić information content (AvgIpc) is 2.85. The van der Waals surface area contributed by atoms with Crippen molar-refractivity contribution in [2.75, 3.05) is 10.5 Å². The lowest BCUT2D eigenvalue weighted by Gasteiger charge is -2.07. The normalized spacial score (nSPS) is 11.7. The Balaban J connectivity index is 2.04. The van der Waals surface area contributed by atoms with Gasteiger partial charge in [-0.3, -0.25) is 4.72 Å². The molecule has 108 valence electrons. The highest BCUT2D eigenvalue weighted by Gasteiger charge is 2.19. The summed E-state index contributed by atoms with van der Waals surface area (Å²) in [5.41, 5.74) is 8.58. The number of rotatable bonds is 3. The number of nitrogens with one attached hydrogen (secondary N) is 2. The minimum atomic E-state index is -3.66. The molecule has 0 amide bonds. The maximum Gasteiger partial charge on any atom is 0.264 e. The molecule has 4 N–H and O–H groups in total. The van der Waals surface area contributed by atoms with Gasteiger partial charge in [-0.15, -0.1) is 0 Å². The number of nitrogen functional groups attached to an aromatic ring is 1. The van der Waals surface area contributed by atoms with E-state index in [0.29, 0.717) is 16.8 Å². The van der Waals surface area contributed by atoms with Gasteiger partial charge in [0.2, 0.25) is 0 Å². The molecular weight excluding hydrogens is 286 g/mol. The van der Waals surface area contributed by atoms with E-state index in [1.807, 2.05) is 19.1 Å². The summed E-state index contributed by atoms with van der Waals surface area (Å²) < 4.78 is 27.6. The van der Waals surface area contributed by atoms with Gasteiger partial charge in [0.15, 0.2) is 0 Å². The molecule has 0 unspecified atom stereocenters. The van der Waals surface area contributed by atoms with Crippen LogP contribution >= 0.6 is 0 Å². The molecule has 0 saturated heterocycles. The molecule has 21 heavy (non-hydrogen) atoms. The van der Waals surface area contributed by atoms with E-state index in [1.165, 1.54) is 6.20 Å². The first kappa shape index (κ1) is 13.5. The van der Waals surface area contributed by atoms with Crippen molar-refractivity contribution in [1.29, 1.82) is 0 Å². The monoisotopic (exact) mass is 301 g/mol. The Hall–Kier alpha value is -2.47. The lowest BCUT2D eigenvalue weighted by atomic mass is 10.2. The highest BCUT2D eigenvalue weighted by atomic mass is 32.2. The van der Waals surface area contributed by atoms with Gasteiger partial charge in [0.05, 0.1) is 0 Å². The Morgan fingerprint density at radius 3 is 2.52 bits per heavy atom. The van der Waals surface area contributed by atoms with E-state index in [-0.39, 0.29) is 4.90 Å². The summed E-state index contributed by atoms with van der Waals surface area (Å²) in [7, 11) is -3.66. The van der Waals surface area contributed by atoms with E-state index < -0.39 is 10.0 Å². The smallest absolute Gasteiger partial charge is 0.264 e. The topological polar surface area (TPSA) is 88.0 Å². The Kier molecular flexibility index (Phi) is 3.10. The van der Waals surface area contributed by atoms with Crippen molar-refractivity contribution in [2.24, 2.45) is 0 Å². The molecular formula is C15H15N3O2S. The third-order valence-corrected chi connectivity index (χ3v) is 4.68. The summed E-state index contributed by atoms with van der Waals surface area (Å²) in [5, 5.41) is 0.578. The standard InChI is InChI=1S/C15H15N3O2S/c1-10-2-5-12(6-3-10)18-21(19,20)15-9-17-14-7-4-11(16)8-13(14)15/h2-9,17-18H,16H2,1H3. The van der Waals surface area contributed by atoms with E-state index >= 15 is 0 Å². The number of fused-ring (bicyclic) bond motifs is 1. The van der Waals surface area contributed by atoms with Crippen LogP contribution in [-0.4, -0.2) is 13.4 Å². The second kappa shape index (κ2) is 4.82. The molecule has 3 aromatic rings. The zero-order valence-corrected chi connectivity index (χ0v) is 12.2. The molecule has 0 aliphatic carbocycles. The van der Waals surface area contributed by atoms with E-state index in [0.717, 1.165) is 11.1 Å². The van der Waals surface area contributed by atoms with Gasteiger partial charge in [-0.1, -0.05) is 17.7 Å². The Labute approximate surface area is 122 Å². The fraction of sp³-hybridized carbons (Fsp3) is 0.0667. The van der Waals surface area contributed by atoms with Crippen molar-refractivity contribution in [3.8, 4) is 0 Å². The molecule has 6 heteroatoms. The first-order valence-electron chi connectivity index (χ1n) is 6.42. The Morgan fingerprint density at radius 1 is 1.10 bits per heavy atom. The third kappa shape index (κ3) is 2.57. The summed E-state index contributed by atoms with van der Waals surface area (Å²) >= 11 is 0. The molecule has 0 spiro atoms. The number of anilines is 2. The van der Waals surface area contributed by atoms with Crippen LogP contribution in [0.4, 0.5) is 11.4 Å². The molecule has 1 heterocycles. The van der Waals surface area contributed by atoms with Crippen LogP contribution in [0.25, 0.3) is 10.9 Å². The van der Waals surface area contributed by atoms with E-state index in [9.17, 15) is 8.42 Å². The molecule has 5 nitrogen and oxygen atoms in total. The minimum Gasteiger partial charge on any atom is -0.399 e. The van der Waals surface area contributed by atoms with E-state index in [4.69, 9.17) is 5.73 Å². The largest absolute Gasteiger partial charge is 0.399 e. The number of benzene rings is 2. The zero-order chi connectivity index (χ0) is 15.0.